The summed E-state index contributed by atoms with van der Waals surface area (Å²) in [7, 11) is 0. The molecule has 5 heteroatoms. The van der Waals surface area contributed by atoms with E-state index in [1.807, 2.05) is 25.3 Å². The summed E-state index contributed by atoms with van der Waals surface area (Å²) in [5, 5.41) is 0. The second kappa shape index (κ2) is 6.92. The Labute approximate surface area is 160 Å². The van der Waals surface area contributed by atoms with E-state index in [1.165, 1.54) is 11.1 Å². The van der Waals surface area contributed by atoms with E-state index in [2.05, 4.69) is 34.3 Å². The molecule has 1 N–H and O–H groups in total. The summed E-state index contributed by atoms with van der Waals surface area (Å²) in [4.78, 5) is 21.4. The lowest BCUT2D eigenvalue weighted by Gasteiger charge is -2.35. The Morgan fingerprint density at radius 1 is 1.31 bits per heavy atom. The van der Waals surface area contributed by atoms with Gasteiger partial charge in [0.15, 0.2) is 5.78 Å². The van der Waals surface area contributed by atoms with E-state index in [1.54, 1.807) is 6.33 Å². The zero-order valence-electron chi connectivity index (χ0n) is 15.6. The first kappa shape index (κ1) is 18.7. The third-order valence-corrected chi connectivity index (χ3v) is 5.94. The molecule has 1 aliphatic rings. The van der Waals surface area contributed by atoms with E-state index in [4.69, 9.17) is 0 Å². The lowest BCUT2D eigenvalue weighted by molar-refractivity contribution is 0.0725. The van der Waals surface area contributed by atoms with E-state index in [0.29, 0.717) is 5.78 Å². The summed E-state index contributed by atoms with van der Waals surface area (Å²) in [6.07, 6.45) is 8.30. The van der Waals surface area contributed by atoms with Crippen LogP contribution in [-0.2, 0) is 12.8 Å². The number of halogens is 1. The molecule has 4 rings (SSSR count). The first-order chi connectivity index (χ1) is 12.1. The van der Waals surface area contributed by atoms with Gasteiger partial charge in [-0.1, -0.05) is 19.4 Å². The fourth-order valence-electron chi connectivity index (χ4n) is 4.56. The molecular weight excluding hydrogens is 346 g/mol. The van der Waals surface area contributed by atoms with Gasteiger partial charge in [-0.15, -0.1) is 12.4 Å². The van der Waals surface area contributed by atoms with Gasteiger partial charge in [0.25, 0.3) is 0 Å². The van der Waals surface area contributed by atoms with Gasteiger partial charge in [-0.25, -0.2) is 4.98 Å². The molecule has 0 saturated heterocycles. The minimum absolute atomic E-state index is 0. The summed E-state index contributed by atoms with van der Waals surface area (Å²) in [6.45, 7) is 6.35. The van der Waals surface area contributed by atoms with E-state index >= 15 is 0 Å². The molecule has 138 valence electrons. The minimum Gasteiger partial charge on any atom is -0.348 e. The summed E-state index contributed by atoms with van der Waals surface area (Å²) in [5.41, 5.74) is 6.32. The number of H-pyrrole nitrogens is 1. The molecule has 0 aromatic carbocycles. The minimum atomic E-state index is -0.335. The highest BCUT2D eigenvalue weighted by Crippen LogP contribution is 2.44. The van der Waals surface area contributed by atoms with Crippen molar-refractivity contribution in [3.63, 3.8) is 0 Å². The first-order valence-electron chi connectivity index (χ1n) is 9.19. The number of nitrogens with one attached hydrogen (secondary N) is 1. The Morgan fingerprint density at radius 2 is 2.12 bits per heavy atom. The number of hydrogen-bond acceptors (Lipinski definition) is 2. The van der Waals surface area contributed by atoms with Gasteiger partial charge in [-0.05, 0) is 56.4 Å². The average molecular weight is 372 g/mol. The van der Waals surface area contributed by atoms with Gasteiger partial charge < -0.3 is 9.38 Å². The van der Waals surface area contributed by atoms with Gasteiger partial charge in [-0.3, -0.25) is 4.79 Å². The molecule has 0 radical (unpaired) electrons. The molecule has 0 saturated carbocycles. The number of fused-ring (bicyclic) bond motifs is 3. The van der Waals surface area contributed by atoms with E-state index in [0.717, 1.165) is 54.7 Å². The molecule has 0 bridgehead atoms. The van der Waals surface area contributed by atoms with Crippen LogP contribution in [0.2, 0.25) is 0 Å². The molecule has 3 aromatic rings. The summed E-state index contributed by atoms with van der Waals surface area (Å²) >= 11 is 0. The standard InChI is InChI=1S/C21H25N3O.ClH/c1-4-9-21(12-17-15(3)22-13-23-17)10-8-16-14(2)18-7-5-6-11-24(18)19(16)20(21)25;/h5-7,11,13H,4,8-10,12H2,1-3H3,(H,22,23);1H. The topological polar surface area (TPSA) is 50.2 Å². The summed E-state index contributed by atoms with van der Waals surface area (Å²) in [5.74, 6) is 0.298. The van der Waals surface area contributed by atoms with Crippen LogP contribution in [0.1, 0.15) is 59.2 Å². The number of nitrogens with zero attached hydrogens (tertiary/aromatic N) is 2. The number of aromatic nitrogens is 3. The van der Waals surface area contributed by atoms with Crippen LogP contribution in [0.3, 0.4) is 0 Å². The van der Waals surface area contributed by atoms with Crippen LogP contribution in [0.5, 0.6) is 0 Å². The van der Waals surface area contributed by atoms with Crippen molar-refractivity contribution < 1.29 is 4.79 Å². The molecule has 1 atom stereocenters. The molecular formula is C21H26ClN3O. The van der Waals surface area contributed by atoms with Crippen molar-refractivity contribution in [1.29, 1.82) is 0 Å². The Balaban J connectivity index is 0.00000196. The monoisotopic (exact) mass is 371 g/mol. The molecule has 0 amide bonds. The SMILES string of the molecule is CCCC1(Cc2nc[nH]c2C)CCc2c(C)c3ccccn3c2C1=O.Cl. The van der Waals surface area contributed by atoms with Crippen molar-refractivity contribution in [2.75, 3.05) is 0 Å². The van der Waals surface area contributed by atoms with Gasteiger partial charge in [0.1, 0.15) is 0 Å². The van der Waals surface area contributed by atoms with Crippen LogP contribution in [0.25, 0.3) is 5.52 Å². The van der Waals surface area contributed by atoms with Crippen molar-refractivity contribution in [2.24, 2.45) is 5.41 Å². The van der Waals surface area contributed by atoms with Crippen LogP contribution < -0.4 is 0 Å². The molecule has 4 nitrogen and oxygen atoms in total. The highest BCUT2D eigenvalue weighted by atomic mass is 35.5. The van der Waals surface area contributed by atoms with Crippen molar-refractivity contribution in [3.05, 3.63) is 58.9 Å². The maximum Gasteiger partial charge on any atom is 0.186 e. The van der Waals surface area contributed by atoms with Gasteiger partial charge >= 0.3 is 0 Å². The number of carbonyl (C=O) groups excluding carboxylic acids is 1. The van der Waals surface area contributed by atoms with E-state index in [9.17, 15) is 4.79 Å². The number of imidazole rings is 1. The zero-order chi connectivity index (χ0) is 17.6. The predicted molar refractivity (Wildman–Crippen MR) is 106 cm³/mol. The normalized spacial score (nSPS) is 19.4. The highest BCUT2D eigenvalue weighted by Gasteiger charge is 2.44. The second-order valence-electron chi connectivity index (χ2n) is 7.42. The van der Waals surface area contributed by atoms with Crippen LogP contribution in [0.15, 0.2) is 30.7 Å². The molecule has 0 spiro atoms. The molecule has 3 heterocycles. The maximum atomic E-state index is 13.7. The number of ketones is 1. The van der Waals surface area contributed by atoms with Crippen molar-refractivity contribution >= 4 is 23.7 Å². The van der Waals surface area contributed by atoms with E-state index < -0.39 is 0 Å². The van der Waals surface area contributed by atoms with Crippen LogP contribution in [-0.4, -0.2) is 20.2 Å². The lowest BCUT2D eigenvalue weighted by atomic mass is 9.67. The molecule has 3 aromatic heterocycles. The van der Waals surface area contributed by atoms with Gasteiger partial charge in [-0.2, -0.15) is 0 Å². The fourth-order valence-corrected chi connectivity index (χ4v) is 4.56. The third-order valence-electron chi connectivity index (χ3n) is 5.94. The molecule has 1 unspecified atom stereocenters. The smallest absolute Gasteiger partial charge is 0.186 e. The quantitative estimate of drug-likeness (QED) is 0.712. The van der Waals surface area contributed by atoms with Crippen LogP contribution in [0, 0.1) is 19.3 Å². The maximum absolute atomic E-state index is 13.7. The van der Waals surface area contributed by atoms with Crippen LogP contribution in [0.4, 0.5) is 0 Å². The first-order valence-corrected chi connectivity index (χ1v) is 9.19. The number of aryl methyl sites for hydroxylation is 2. The summed E-state index contributed by atoms with van der Waals surface area (Å²) in [6, 6.07) is 6.17. The Hall–Kier alpha value is -2.07. The van der Waals surface area contributed by atoms with Crippen LogP contribution >= 0.6 is 12.4 Å². The second-order valence-corrected chi connectivity index (χ2v) is 7.42. The van der Waals surface area contributed by atoms with Crippen molar-refractivity contribution in [1.82, 2.24) is 14.4 Å². The number of rotatable bonds is 4. The molecule has 26 heavy (non-hydrogen) atoms. The average Bonchev–Trinajstić information content (AvgIpc) is 3.14. The molecule has 0 fully saturated rings. The third kappa shape index (κ3) is 2.67. The van der Waals surface area contributed by atoms with Crippen molar-refractivity contribution in [2.45, 2.75) is 52.9 Å². The Bertz CT molecular complexity index is 955. The van der Waals surface area contributed by atoms with Gasteiger partial charge in [0.05, 0.1) is 17.7 Å². The Kier molecular flexibility index (Phi) is 4.98. The number of pyridine rings is 1. The molecule has 0 aliphatic heterocycles. The highest BCUT2D eigenvalue weighted by molar-refractivity contribution is 6.03. The fraction of sp³-hybridized carbons (Fsp3) is 0.429. The van der Waals surface area contributed by atoms with Gasteiger partial charge in [0.2, 0.25) is 0 Å². The number of Topliss-reactive ketones (excluding diaryl/α,β-unsaturated/α-hetero) is 1. The number of hydrogen-bond donors (Lipinski definition) is 1. The molecule has 1 aliphatic carbocycles. The van der Waals surface area contributed by atoms with Gasteiger partial charge in [0, 0.05) is 29.2 Å². The Morgan fingerprint density at radius 3 is 2.81 bits per heavy atom. The van der Waals surface area contributed by atoms with E-state index in [-0.39, 0.29) is 17.8 Å². The number of aromatic amines is 1. The summed E-state index contributed by atoms with van der Waals surface area (Å²) < 4.78 is 2.11. The largest absolute Gasteiger partial charge is 0.348 e. The number of carbonyl (C=O) groups is 1. The predicted octanol–water partition coefficient (Wildman–Crippen LogP) is 4.86. The van der Waals surface area contributed by atoms with Crippen molar-refractivity contribution in [3.8, 4) is 0 Å². The lowest BCUT2D eigenvalue weighted by Crippen LogP contribution is -2.39. The zero-order valence-corrected chi connectivity index (χ0v) is 16.4.